The van der Waals surface area contributed by atoms with E-state index in [-0.39, 0.29) is 36.7 Å². The zero-order valence-corrected chi connectivity index (χ0v) is 12.7. The van der Waals surface area contributed by atoms with E-state index < -0.39 is 5.97 Å². The third kappa shape index (κ3) is 3.39. The normalized spacial score (nSPS) is 21.6. The minimum atomic E-state index is -0.410. The highest BCUT2D eigenvalue weighted by molar-refractivity contribution is 6.09. The molecule has 2 aliphatic rings. The van der Waals surface area contributed by atoms with E-state index >= 15 is 0 Å². The number of benzene rings is 1. The first-order valence-corrected chi connectivity index (χ1v) is 7.52. The summed E-state index contributed by atoms with van der Waals surface area (Å²) in [7, 11) is 0. The number of carbonyl (C=O) groups is 3. The molecular formula is C16H17N3O4. The van der Waals surface area contributed by atoms with Gasteiger partial charge in [0.25, 0.3) is 5.91 Å². The maximum Gasteiger partial charge on any atom is 0.306 e. The van der Waals surface area contributed by atoms with E-state index in [0.29, 0.717) is 5.69 Å². The number of ether oxygens (including phenoxy) is 1. The van der Waals surface area contributed by atoms with Crippen LogP contribution < -0.4 is 10.7 Å². The fourth-order valence-electron chi connectivity index (χ4n) is 2.52. The minimum absolute atomic E-state index is 0.00994. The van der Waals surface area contributed by atoms with Crippen molar-refractivity contribution in [3.8, 4) is 0 Å². The number of rotatable bonds is 5. The van der Waals surface area contributed by atoms with Crippen molar-refractivity contribution >= 4 is 29.2 Å². The maximum atomic E-state index is 11.7. The lowest BCUT2D eigenvalue weighted by molar-refractivity contribution is -0.146. The Morgan fingerprint density at radius 1 is 1.30 bits per heavy atom. The van der Waals surface area contributed by atoms with Gasteiger partial charge in [0.1, 0.15) is 0 Å². The summed E-state index contributed by atoms with van der Waals surface area (Å²) in [6.07, 6.45) is 1.08. The molecule has 120 valence electrons. The van der Waals surface area contributed by atoms with E-state index in [1.54, 1.807) is 19.1 Å². The highest BCUT2D eigenvalue weighted by atomic mass is 16.5. The zero-order chi connectivity index (χ0) is 16.4. The molecule has 0 saturated heterocycles. The van der Waals surface area contributed by atoms with E-state index in [9.17, 15) is 14.4 Å². The summed E-state index contributed by atoms with van der Waals surface area (Å²) in [5.41, 5.74) is 4.95. The largest absolute Gasteiger partial charge is 0.456 e. The van der Waals surface area contributed by atoms with E-state index in [2.05, 4.69) is 15.8 Å². The first-order valence-electron chi connectivity index (χ1n) is 7.52. The fraction of sp³-hybridized carbons (Fsp3) is 0.375. The van der Waals surface area contributed by atoms with Gasteiger partial charge in [0.2, 0.25) is 5.91 Å². The summed E-state index contributed by atoms with van der Waals surface area (Å²) in [4.78, 5) is 34.1. The molecule has 0 radical (unpaired) electrons. The van der Waals surface area contributed by atoms with Gasteiger partial charge in [-0.3, -0.25) is 14.4 Å². The zero-order valence-electron chi connectivity index (χ0n) is 12.7. The molecule has 2 unspecified atom stereocenters. The predicted octanol–water partition coefficient (Wildman–Crippen LogP) is 1.05. The molecule has 1 aliphatic heterocycles. The lowest BCUT2D eigenvalue weighted by Crippen LogP contribution is -2.28. The SMILES string of the molecule is CCC(=O)OCC(=O)Nc1ccc(C2=NNC(=O)C3CC23)cc1. The quantitative estimate of drug-likeness (QED) is 0.794. The van der Waals surface area contributed by atoms with E-state index in [4.69, 9.17) is 4.74 Å². The predicted molar refractivity (Wildman–Crippen MR) is 82.6 cm³/mol. The Kier molecular flexibility index (Phi) is 4.10. The summed E-state index contributed by atoms with van der Waals surface area (Å²) >= 11 is 0. The van der Waals surface area contributed by atoms with Gasteiger partial charge in [-0.1, -0.05) is 19.1 Å². The molecule has 0 spiro atoms. The molecule has 1 fully saturated rings. The first kappa shape index (κ1) is 15.2. The van der Waals surface area contributed by atoms with Crippen LogP contribution in [-0.2, 0) is 19.1 Å². The number of hydrazone groups is 1. The van der Waals surface area contributed by atoms with Crippen molar-refractivity contribution in [2.45, 2.75) is 19.8 Å². The molecule has 7 nitrogen and oxygen atoms in total. The van der Waals surface area contributed by atoms with Crippen LogP contribution in [0.15, 0.2) is 29.4 Å². The standard InChI is InChI=1S/C16H17N3O4/c1-2-14(21)23-8-13(20)17-10-5-3-9(4-6-10)15-11-7-12(11)16(22)19-18-15/h3-6,11-12H,2,7-8H2,1H3,(H,17,20)(H,19,22). The Morgan fingerprint density at radius 2 is 2.04 bits per heavy atom. The van der Waals surface area contributed by atoms with Crippen LogP contribution in [0.3, 0.4) is 0 Å². The molecule has 1 saturated carbocycles. The first-order chi connectivity index (χ1) is 11.1. The van der Waals surface area contributed by atoms with Crippen molar-refractivity contribution in [3.63, 3.8) is 0 Å². The molecule has 0 aromatic heterocycles. The summed E-state index contributed by atoms with van der Waals surface area (Å²) < 4.78 is 4.76. The minimum Gasteiger partial charge on any atom is -0.456 e. The summed E-state index contributed by atoms with van der Waals surface area (Å²) in [6, 6.07) is 7.20. The van der Waals surface area contributed by atoms with Gasteiger partial charge in [-0.15, -0.1) is 0 Å². The number of nitrogens with one attached hydrogen (secondary N) is 2. The van der Waals surface area contributed by atoms with Crippen LogP contribution >= 0.6 is 0 Å². The molecule has 2 amide bonds. The topological polar surface area (TPSA) is 96.9 Å². The Labute approximate surface area is 133 Å². The van der Waals surface area contributed by atoms with Crippen LogP contribution in [0.5, 0.6) is 0 Å². The average Bonchev–Trinajstić information content (AvgIpc) is 3.35. The monoisotopic (exact) mass is 315 g/mol. The molecule has 7 heteroatoms. The number of anilines is 1. The van der Waals surface area contributed by atoms with Crippen LogP contribution in [0, 0.1) is 11.8 Å². The molecule has 23 heavy (non-hydrogen) atoms. The Morgan fingerprint density at radius 3 is 2.74 bits per heavy atom. The van der Waals surface area contributed by atoms with Gasteiger partial charge in [-0.2, -0.15) is 5.10 Å². The second-order valence-corrected chi connectivity index (χ2v) is 5.56. The van der Waals surface area contributed by atoms with Gasteiger partial charge < -0.3 is 10.1 Å². The van der Waals surface area contributed by atoms with Crippen LogP contribution in [0.4, 0.5) is 5.69 Å². The lowest BCUT2D eigenvalue weighted by Gasteiger charge is -2.12. The highest BCUT2D eigenvalue weighted by Gasteiger charge is 2.49. The van der Waals surface area contributed by atoms with E-state index in [0.717, 1.165) is 17.7 Å². The highest BCUT2D eigenvalue weighted by Crippen LogP contribution is 2.43. The van der Waals surface area contributed by atoms with Crippen molar-refractivity contribution < 1.29 is 19.1 Å². The van der Waals surface area contributed by atoms with Gasteiger partial charge in [-0.25, -0.2) is 5.43 Å². The number of nitrogens with zero attached hydrogens (tertiary/aromatic N) is 1. The number of esters is 1. The van der Waals surface area contributed by atoms with Crippen molar-refractivity contribution in [1.82, 2.24) is 5.43 Å². The van der Waals surface area contributed by atoms with Gasteiger partial charge in [-0.05, 0) is 24.1 Å². The van der Waals surface area contributed by atoms with E-state index in [1.807, 2.05) is 12.1 Å². The van der Waals surface area contributed by atoms with Crippen LogP contribution in [0.2, 0.25) is 0 Å². The van der Waals surface area contributed by atoms with Crippen LogP contribution in [0.1, 0.15) is 25.3 Å². The van der Waals surface area contributed by atoms with Crippen molar-refractivity contribution in [2.24, 2.45) is 16.9 Å². The molecule has 2 atom stereocenters. The number of carbonyl (C=O) groups excluding carboxylic acids is 3. The molecule has 2 N–H and O–H groups in total. The van der Waals surface area contributed by atoms with Gasteiger partial charge in [0.15, 0.2) is 6.61 Å². The second-order valence-electron chi connectivity index (χ2n) is 5.56. The lowest BCUT2D eigenvalue weighted by atomic mass is 10.0. The molecule has 1 aliphatic carbocycles. The fourth-order valence-corrected chi connectivity index (χ4v) is 2.52. The number of amides is 2. The smallest absolute Gasteiger partial charge is 0.306 e. The Balaban J connectivity index is 1.58. The van der Waals surface area contributed by atoms with Gasteiger partial charge in [0.05, 0.1) is 5.71 Å². The van der Waals surface area contributed by atoms with Crippen LogP contribution in [0.25, 0.3) is 0 Å². The molecule has 0 bridgehead atoms. The third-order valence-electron chi connectivity index (χ3n) is 3.88. The molecule has 3 rings (SSSR count). The Bertz CT molecular complexity index is 681. The van der Waals surface area contributed by atoms with E-state index in [1.165, 1.54) is 0 Å². The van der Waals surface area contributed by atoms with Crippen molar-refractivity contribution in [3.05, 3.63) is 29.8 Å². The summed E-state index contributed by atoms with van der Waals surface area (Å²) in [6.45, 7) is 1.37. The summed E-state index contributed by atoms with van der Waals surface area (Å²) in [5, 5.41) is 6.78. The number of hydrogen-bond donors (Lipinski definition) is 2. The number of hydrogen-bond acceptors (Lipinski definition) is 5. The van der Waals surface area contributed by atoms with Crippen molar-refractivity contribution in [1.29, 1.82) is 0 Å². The molecule has 1 aromatic carbocycles. The number of fused-ring (bicyclic) bond motifs is 1. The molecule has 1 heterocycles. The van der Waals surface area contributed by atoms with Crippen molar-refractivity contribution in [2.75, 3.05) is 11.9 Å². The summed E-state index contributed by atoms with van der Waals surface area (Å²) in [5.74, 6) is -0.548. The second kappa shape index (κ2) is 6.20. The van der Waals surface area contributed by atoms with Crippen LogP contribution in [-0.4, -0.2) is 30.1 Å². The van der Waals surface area contributed by atoms with Gasteiger partial charge in [0, 0.05) is 23.9 Å². The molecular weight excluding hydrogens is 298 g/mol. The third-order valence-corrected chi connectivity index (χ3v) is 3.88. The van der Waals surface area contributed by atoms with Gasteiger partial charge >= 0.3 is 5.97 Å². The maximum absolute atomic E-state index is 11.7. The molecule has 1 aromatic rings. The Hall–Kier alpha value is -2.70. The average molecular weight is 315 g/mol.